The molecular weight excluding hydrogens is 288 g/mol. The molecule has 6 heteroatoms. The van der Waals surface area contributed by atoms with E-state index in [4.69, 9.17) is 5.73 Å². The first-order valence-corrected chi connectivity index (χ1v) is 8.77. The first kappa shape index (κ1) is 15.8. The topological polar surface area (TPSA) is 89.3 Å². The van der Waals surface area contributed by atoms with Crippen molar-refractivity contribution in [2.45, 2.75) is 55.7 Å². The van der Waals surface area contributed by atoms with Gasteiger partial charge in [-0.1, -0.05) is 18.9 Å². The second-order valence-corrected chi connectivity index (χ2v) is 7.94. The molecule has 2 rings (SSSR count). The third kappa shape index (κ3) is 3.37. The van der Waals surface area contributed by atoms with Gasteiger partial charge in [-0.2, -0.15) is 0 Å². The smallest absolute Gasteiger partial charge is 0.238 e. The Hall–Kier alpha value is -1.56. The fourth-order valence-corrected chi connectivity index (χ4v) is 4.19. The molecule has 1 atom stereocenters. The van der Waals surface area contributed by atoms with Crippen molar-refractivity contribution in [3.63, 3.8) is 0 Å². The molecule has 1 aromatic rings. The van der Waals surface area contributed by atoms with E-state index in [0.717, 1.165) is 25.7 Å². The number of nitrogens with one attached hydrogen (secondary N) is 1. The monoisotopic (exact) mass is 310 g/mol. The van der Waals surface area contributed by atoms with E-state index in [1.54, 1.807) is 19.1 Å². The van der Waals surface area contributed by atoms with Crippen LogP contribution in [0, 0.1) is 6.92 Å². The number of anilines is 1. The number of sulfone groups is 1. The van der Waals surface area contributed by atoms with E-state index in [2.05, 4.69) is 5.32 Å². The number of amides is 1. The van der Waals surface area contributed by atoms with Crippen LogP contribution in [0.3, 0.4) is 0 Å². The summed E-state index contributed by atoms with van der Waals surface area (Å²) in [5.41, 5.74) is 6.65. The van der Waals surface area contributed by atoms with Crippen molar-refractivity contribution in [1.82, 2.24) is 5.32 Å². The van der Waals surface area contributed by atoms with Crippen LogP contribution in [0.15, 0.2) is 23.1 Å². The number of aryl methyl sites for hydroxylation is 1. The number of carbonyl (C=O) groups excluding carboxylic acids is 1. The molecule has 116 valence electrons. The highest BCUT2D eigenvalue weighted by atomic mass is 32.2. The van der Waals surface area contributed by atoms with Gasteiger partial charge in [0, 0.05) is 11.7 Å². The summed E-state index contributed by atoms with van der Waals surface area (Å²) in [4.78, 5) is 12.3. The minimum Gasteiger partial charge on any atom is -0.399 e. The van der Waals surface area contributed by atoms with Gasteiger partial charge in [-0.3, -0.25) is 4.79 Å². The molecule has 0 aromatic heterocycles. The summed E-state index contributed by atoms with van der Waals surface area (Å²) in [7, 11) is -3.73. The van der Waals surface area contributed by atoms with Gasteiger partial charge in [0.25, 0.3) is 0 Å². The lowest BCUT2D eigenvalue weighted by Crippen LogP contribution is -2.42. The molecule has 1 unspecified atom stereocenters. The van der Waals surface area contributed by atoms with Gasteiger partial charge < -0.3 is 11.1 Å². The Morgan fingerprint density at radius 2 is 1.95 bits per heavy atom. The minimum absolute atomic E-state index is 0.108. The minimum atomic E-state index is -3.73. The zero-order valence-electron chi connectivity index (χ0n) is 12.4. The predicted molar refractivity (Wildman–Crippen MR) is 82.6 cm³/mol. The van der Waals surface area contributed by atoms with E-state index in [1.165, 1.54) is 13.0 Å². The van der Waals surface area contributed by atoms with Crippen LogP contribution < -0.4 is 11.1 Å². The molecule has 3 N–H and O–H groups in total. The Morgan fingerprint density at radius 3 is 2.57 bits per heavy atom. The number of benzene rings is 1. The molecule has 21 heavy (non-hydrogen) atoms. The van der Waals surface area contributed by atoms with E-state index < -0.39 is 21.0 Å². The number of nitrogens with two attached hydrogens (primary N) is 1. The molecule has 0 heterocycles. The maximum Gasteiger partial charge on any atom is 0.238 e. The zero-order chi connectivity index (χ0) is 15.6. The summed E-state index contributed by atoms with van der Waals surface area (Å²) in [5.74, 6) is -0.427. The molecule has 1 aliphatic carbocycles. The average Bonchev–Trinajstić information content (AvgIpc) is 2.93. The number of carbonyl (C=O) groups is 1. The normalized spacial score (nSPS) is 17.6. The van der Waals surface area contributed by atoms with Crippen LogP contribution in [0.5, 0.6) is 0 Å². The molecule has 0 bridgehead atoms. The van der Waals surface area contributed by atoms with Crippen molar-refractivity contribution in [2.24, 2.45) is 0 Å². The molecular formula is C15H22N2O3S. The maximum absolute atomic E-state index is 12.6. The summed E-state index contributed by atoms with van der Waals surface area (Å²) >= 11 is 0. The molecule has 0 aliphatic heterocycles. The lowest BCUT2D eigenvalue weighted by Gasteiger charge is -2.18. The molecule has 1 aliphatic rings. The summed E-state index contributed by atoms with van der Waals surface area (Å²) in [5, 5.41) is 1.73. The highest BCUT2D eigenvalue weighted by Crippen LogP contribution is 2.24. The number of hydrogen-bond donors (Lipinski definition) is 2. The van der Waals surface area contributed by atoms with Crippen molar-refractivity contribution < 1.29 is 13.2 Å². The van der Waals surface area contributed by atoms with Crippen molar-refractivity contribution in [1.29, 1.82) is 0 Å². The van der Waals surface area contributed by atoms with E-state index in [-0.39, 0.29) is 10.9 Å². The van der Waals surface area contributed by atoms with Crippen molar-refractivity contribution in [2.75, 3.05) is 5.73 Å². The lowest BCUT2D eigenvalue weighted by molar-refractivity contribution is -0.121. The Bertz CT molecular complexity index is 634. The van der Waals surface area contributed by atoms with E-state index >= 15 is 0 Å². The van der Waals surface area contributed by atoms with Crippen LogP contribution >= 0.6 is 0 Å². The van der Waals surface area contributed by atoms with Crippen LogP contribution in [-0.4, -0.2) is 25.6 Å². The molecule has 1 aromatic carbocycles. The molecule has 0 radical (unpaired) electrons. The van der Waals surface area contributed by atoms with Gasteiger partial charge in [0.2, 0.25) is 5.91 Å². The highest BCUT2D eigenvalue weighted by Gasteiger charge is 2.32. The van der Waals surface area contributed by atoms with Gasteiger partial charge in [-0.15, -0.1) is 0 Å². The van der Waals surface area contributed by atoms with Gasteiger partial charge in [0.15, 0.2) is 9.84 Å². The Kier molecular flexibility index (Phi) is 4.56. The van der Waals surface area contributed by atoms with Gasteiger partial charge in [-0.25, -0.2) is 8.42 Å². The summed E-state index contributed by atoms with van der Waals surface area (Å²) in [6.45, 7) is 3.14. The van der Waals surface area contributed by atoms with Crippen LogP contribution in [0.2, 0.25) is 0 Å². The fraction of sp³-hybridized carbons (Fsp3) is 0.533. The highest BCUT2D eigenvalue weighted by molar-refractivity contribution is 7.92. The number of rotatable bonds is 4. The third-order valence-corrected chi connectivity index (χ3v) is 6.25. The van der Waals surface area contributed by atoms with E-state index in [9.17, 15) is 13.2 Å². The third-order valence-electron chi connectivity index (χ3n) is 4.05. The molecule has 1 fully saturated rings. The molecule has 5 nitrogen and oxygen atoms in total. The van der Waals surface area contributed by atoms with E-state index in [1.807, 2.05) is 0 Å². The van der Waals surface area contributed by atoms with Crippen molar-refractivity contribution >= 4 is 21.4 Å². The van der Waals surface area contributed by atoms with Crippen molar-refractivity contribution in [3.8, 4) is 0 Å². The fourth-order valence-electron chi connectivity index (χ4n) is 2.64. The Labute approximate surface area is 125 Å². The van der Waals surface area contributed by atoms with Crippen LogP contribution in [0.1, 0.15) is 38.2 Å². The van der Waals surface area contributed by atoms with Crippen LogP contribution in [0.4, 0.5) is 5.69 Å². The lowest BCUT2D eigenvalue weighted by atomic mass is 10.2. The summed E-state index contributed by atoms with van der Waals surface area (Å²) < 4.78 is 25.2. The quantitative estimate of drug-likeness (QED) is 0.830. The SMILES string of the molecule is Cc1ccc(N)cc1S(=O)(=O)C(C)C(=O)NC1CCCC1. The van der Waals surface area contributed by atoms with Crippen LogP contribution in [0.25, 0.3) is 0 Å². The predicted octanol–water partition coefficient (Wildman–Crippen LogP) is 1.80. The second kappa shape index (κ2) is 6.05. The second-order valence-electron chi connectivity index (χ2n) is 5.70. The van der Waals surface area contributed by atoms with Gasteiger partial charge >= 0.3 is 0 Å². The first-order chi connectivity index (χ1) is 9.82. The standard InChI is InChI=1S/C15H22N2O3S/c1-10-7-8-12(16)9-14(10)21(19,20)11(2)15(18)17-13-5-3-4-6-13/h7-9,11,13H,3-6,16H2,1-2H3,(H,17,18). The van der Waals surface area contributed by atoms with E-state index in [0.29, 0.717) is 11.3 Å². The van der Waals surface area contributed by atoms with Crippen molar-refractivity contribution in [3.05, 3.63) is 23.8 Å². The molecule has 1 saturated carbocycles. The Morgan fingerprint density at radius 1 is 1.33 bits per heavy atom. The maximum atomic E-state index is 12.6. The average molecular weight is 310 g/mol. The number of hydrogen-bond acceptors (Lipinski definition) is 4. The molecule has 0 spiro atoms. The van der Waals surface area contributed by atoms with Crippen LogP contribution in [-0.2, 0) is 14.6 Å². The zero-order valence-corrected chi connectivity index (χ0v) is 13.2. The first-order valence-electron chi connectivity index (χ1n) is 7.23. The Balaban J connectivity index is 2.21. The summed E-state index contributed by atoms with van der Waals surface area (Å²) in [6, 6.07) is 4.84. The largest absolute Gasteiger partial charge is 0.399 e. The van der Waals surface area contributed by atoms with Gasteiger partial charge in [-0.05, 0) is 44.4 Å². The summed E-state index contributed by atoms with van der Waals surface area (Å²) in [6.07, 6.45) is 4.02. The van der Waals surface area contributed by atoms with Gasteiger partial charge in [0.1, 0.15) is 5.25 Å². The number of nitrogen functional groups attached to an aromatic ring is 1. The van der Waals surface area contributed by atoms with Gasteiger partial charge in [0.05, 0.1) is 4.90 Å². The molecule has 1 amide bonds. The molecule has 0 saturated heterocycles.